The summed E-state index contributed by atoms with van der Waals surface area (Å²) in [7, 11) is 0. The van der Waals surface area contributed by atoms with Crippen LogP contribution in [0.1, 0.15) is 32.7 Å². The van der Waals surface area contributed by atoms with E-state index in [0.29, 0.717) is 18.8 Å². The van der Waals surface area contributed by atoms with Crippen LogP contribution in [0.15, 0.2) is 46.8 Å². The van der Waals surface area contributed by atoms with Gasteiger partial charge in [0, 0.05) is 23.2 Å². The number of carbonyl (C=O) groups excluding carboxylic acids is 2. The molecule has 0 radical (unpaired) electrons. The topological polar surface area (TPSA) is 80.4 Å². The van der Waals surface area contributed by atoms with Crippen LogP contribution in [0.4, 0.5) is 0 Å². The predicted octanol–water partition coefficient (Wildman–Crippen LogP) is 2.40. The molecule has 4 rings (SSSR count). The number of furan rings is 1. The zero-order chi connectivity index (χ0) is 18.8. The Morgan fingerprint density at radius 2 is 2.30 bits per heavy atom. The molecule has 0 aromatic carbocycles. The zero-order valence-corrected chi connectivity index (χ0v) is 15.7. The summed E-state index contributed by atoms with van der Waals surface area (Å²) in [6.07, 6.45) is 5.64. The Balaban J connectivity index is 1.47. The quantitative estimate of drug-likeness (QED) is 0.733. The Morgan fingerprint density at radius 3 is 3.04 bits per heavy atom. The Bertz CT molecular complexity index is 944. The standard InChI is InChI=1S/C19H20N4O3S/c1-13-5-7-26-17(13)19(25)22-10-14-9-20-12-23(14)16(11-22)18(24)21-6-4-15-3-2-8-27-15/h2-3,5,7-9,12,16H,4,6,10-11H2,1H3,(H,21,24)/t16-/m1/s1. The first-order chi connectivity index (χ1) is 13.1. The van der Waals surface area contributed by atoms with Crippen molar-refractivity contribution in [1.82, 2.24) is 19.8 Å². The van der Waals surface area contributed by atoms with Crippen LogP contribution < -0.4 is 5.32 Å². The van der Waals surface area contributed by atoms with Crippen molar-refractivity contribution < 1.29 is 14.0 Å². The largest absolute Gasteiger partial charge is 0.459 e. The molecule has 0 unspecified atom stereocenters. The molecule has 1 aliphatic rings. The van der Waals surface area contributed by atoms with Crippen molar-refractivity contribution in [3.63, 3.8) is 0 Å². The molecule has 0 aliphatic carbocycles. The Labute approximate surface area is 160 Å². The Hall–Kier alpha value is -2.87. The van der Waals surface area contributed by atoms with Gasteiger partial charge in [-0.3, -0.25) is 9.59 Å². The number of thiophene rings is 1. The van der Waals surface area contributed by atoms with Gasteiger partial charge >= 0.3 is 0 Å². The summed E-state index contributed by atoms with van der Waals surface area (Å²) in [4.78, 5) is 32.6. The maximum absolute atomic E-state index is 12.8. The van der Waals surface area contributed by atoms with Gasteiger partial charge in [-0.1, -0.05) is 6.07 Å². The van der Waals surface area contributed by atoms with E-state index >= 15 is 0 Å². The number of hydrogen-bond donors (Lipinski definition) is 1. The maximum atomic E-state index is 12.8. The normalized spacial score (nSPS) is 16.2. The summed E-state index contributed by atoms with van der Waals surface area (Å²) in [5, 5.41) is 5.01. The fraction of sp³-hybridized carbons (Fsp3) is 0.316. The molecule has 1 aliphatic heterocycles. The fourth-order valence-corrected chi connectivity index (χ4v) is 3.98. The average Bonchev–Trinajstić information content (AvgIpc) is 3.41. The number of nitrogens with one attached hydrogen (secondary N) is 1. The highest BCUT2D eigenvalue weighted by molar-refractivity contribution is 7.09. The smallest absolute Gasteiger partial charge is 0.290 e. The van der Waals surface area contributed by atoms with Crippen LogP contribution in [0.3, 0.4) is 0 Å². The van der Waals surface area contributed by atoms with E-state index in [-0.39, 0.29) is 18.4 Å². The SMILES string of the molecule is Cc1ccoc1C(=O)N1Cc2cncn2[C@@H](C(=O)NCCc2cccs2)C1. The molecule has 0 spiro atoms. The lowest BCUT2D eigenvalue weighted by Crippen LogP contribution is -2.46. The second kappa shape index (κ2) is 7.40. The third-order valence-electron chi connectivity index (χ3n) is 4.73. The van der Waals surface area contributed by atoms with Crippen LogP contribution in [0.25, 0.3) is 0 Å². The predicted molar refractivity (Wildman–Crippen MR) is 100 cm³/mol. The third-order valence-corrected chi connectivity index (χ3v) is 5.66. The Morgan fingerprint density at radius 1 is 1.41 bits per heavy atom. The molecule has 0 bridgehead atoms. The van der Waals surface area contributed by atoms with Crippen LogP contribution >= 0.6 is 11.3 Å². The lowest BCUT2D eigenvalue weighted by atomic mass is 10.1. The lowest BCUT2D eigenvalue weighted by molar-refractivity contribution is -0.125. The first-order valence-electron chi connectivity index (χ1n) is 8.77. The Kier molecular flexibility index (Phi) is 4.81. The molecule has 1 N–H and O–H groups in total. The molecule has 140 valence electrons. The third kappa shape index (κ3) is 3.52. The number of amides is 2. The van der Waals surface area contributed by atoms with Gasteiger partial charge in [0.05, 0.1) is 31.4 Å². The first-order valence-corrected chi connectivity index (χ1v) is 9.65. The summed E-state index contributed by atoms with van der Waals surface area (Å²) in [6.45, 7) is 3.08. The van der Waals surface area contributed by atoms with Gasteiger partial charge < -0.3 is 19.2 Å². The minimum atomic E-state index is -0.501. The van der Waals surface area contributed by atoms with Crippen molar-refractivity contribution in [2.24, 2.45) is 0 Å². The molecule has 7 nitrogen and oxygen atoms in total. The van der Waals surface area contributed by atoms with Gasteiger partial charge in [0.25, 0.3) is 5.91 Å². The van der Waals surface area contributed by atoms with Crippen molar-refractivity contribution in [2.75, 3.05) is 13.1 Å². The van der Waals surface area contributed by atoms with Gasteiger partial charge in [0.1, 0.15) is 6.04 Å². The molecule has 0 fully saturated rings. The van der Waals surface area contributed by atoms with Gasteiger partial charge in [-0.05, 0) is 30.9 Å². The highest BCUT2D eigenvalue weighted by Crippen LogP contribution is 2.24. The number of aromatic nitrogens is 2. The second-order valence-electron chi connectivity index (χ2n) is 6.55. The van der Waals surface area contributed by atoms with E-state index in [1.54, 1.807) is 34.8 Å². The molecular formula is C19H20N4O3S. The molecule has 3 aromatic rings. The average molecular weight is 384 g/mol. The van der Waals surface area contributed by atoms with E-state index in [2.05, 4.69) is 16.4 Å². The monoisotopic (exact) mass is 384 g/mol. The van der Waals surface area contributed by atoms with Crippen molar-refractivity contribution >= 4 is 23.2 Å². The number of rotatable bonds is 5. The molecule has 0 saturated heterocycles. The number of fused-ring (bicyclic) bond motifs is 1. The molecular weight excluding hydrogens is 364 g/mol. The number of aryl methyl sites for hydroxylation is 1. The van der Waals surface area contributed by atoms with Crippen LogP contribution in [0, 0.1) is 6.92 Å². The van der Waals surface area contributed by atoms with E-state index in [0.717, 1.165) is 17.7 Å². The van der Waals surface area contributed by atoms with E-state index < -0.39 is 6.04 Å². The van der Waals surface area contributed by atoms with Crippen LogP contribution in [0.2, 0.25) is 0 Å². The van der Waals surface area contributed by atoms with Crippen molar-refractivity contribution in [3.05, 3.63) is 64.3 Å². The van der Waals surface area contributed by atoms with E-state index in [1.807, 2.05) is 22.9 Å². The molecule has 4 heterocycles. The number of nitrogens with zero attached hydrogens (tertiary/aromatic N) is 3. The minimum Gasteiger partial charge on any atom is -0.459 e. The first kappa shape index (κ1) is 17.5. The summed E-state index contributed by atoms with van der Waals surface area (Å²) < 4.78 is 7.18. The second-order valence-corrected chi connectivity index (χ2v) is 7.58. The van der Waals surface area contributed by atoms with E-state index in [4.69, 9.17) is 4.42 Å². The highest BCUT2D eigenvalue weighted by atomic mass is 32.1. The molecule has 1 atom stereocenters. The minimum absolute atomic E-state index is 0.112. The highest BCUT2D eigenvalue weighted by Gasteiger charge is 2.34. The fourth-order valence-electron chi connectivity index (χ4n) is 3.27. The van der Waals surface area contributed by atoms with Gasteiger partial charge in [0.2, 0.25) is 5.91 Å². The van der Waals surface area contributed by atoms with Crippen molar-refractivity contribution in [3.8, 4) is 0 Å². The molecule has 0 saturated carbocycles. The van der Waals surface area contributed by atoms with Gasteiger partial charge in [0.15, 0.2) is 5.76 Å². The zero-order valence-electron chi connectivity index (χ0n) is 14.9. The summed E-state index contributed by atoms with van der Waals surface area (Å²) in [5.41, 5.74) is 1.62. The molecule has 2 amide bonds. The summed E-state index contributed by atoms with van der Waals surface area (Å²) in [5.74, 6) is 0.000581. The van der Waals surface area contributed by atoms with E-state index in [1.165, 1.54) is 11.1 Å². The van der Waals surface area contributed by atoms with Gasteiger partial charge in [-0.2, -0.15) is 0 Å². The summed E-state index contributed by atoms with van der Waals surface area (Å²) in [6, 6.07) is 5.31. The number of imidazole rings is 1. The molecule has 27 heavy (non-hydrogen) atoms. The maximum Gasteiger partial charge on any atom is 0.290 e. The van der Waals surface area contributed by atoms with E-state index in [9.17, 15) is 9.59 Å². The number of hydrogen-bond acceptors (Lipinski definition) is 5. The number of carbonyl (C=O) groups is 2. The molecule has 3 aromatic heterocycles. The molecule has 8 heteroatoms. The van der Waals surface area contributed by atoms with Crippen LogP contribution in [0.5, 0.6) is 0 Å². The van der Waals surface area contributed by atoms with Crippen LogP contribution in [-0.4, -0.2) is 39.4 Å². The summed E-state index contributed by atoms with van der Waals surface area (Å²) >= 11 is 1.67. The van der Waals surface area contributed by atoms with Gasteiger partial charge in [-0.25, -0.2) is 4.98 Å². The lowest BCUT2D eigenvalue weighted by Gasteiger charge is -2.33. The van der Waals surface area contributed by atoms with Gasteiger partial charge in [-0.15, -0.1) is 11.3 Å². The van der Waals surface area contributed by atoms with Crippen molar-refractivity contribution in [2.45, 2.75) is 25.9 Å². The van der Waals surface area contributed by atoms with Crippen molar-refractivity contribution in [1.29, 1.82) is 0 Å². The van der Waals surface area contributed by atoms with Crippen LogP contribution in [-0.2, 0) is 17.8 Å².